The lowest BCUT2D eigenvalue weighted by Gasteiger charge is -2.32. The molecule has 0 bridgehead atoms. The second kappa shape index (κ2) is 6.22. The number of aryl methyl sites for hydroxylation is 1. The van der Waals surface area contributed by atoms with Crippen molar-refractivity contribution in [2.24, 2.45) is 0 Å². The molecule has 0 saturated carbocycles. The first-order chi connectivity index (χ1) is 12.5. The van der Waals surface area contributed by atoms with Gasteiger partial charge in [-0.05, 0) is 42.3 Å². The monoisotopic (exact) mass is 351 g/mol. The van der Waals surface area contributed by atoms with Gasteiger partial charge in [-0.15, -0.1) is 0 Å². The summed E-state index contributed by atoms with van der Waals surface area (Å²) in [6, 6.07) is 10.9. The Morgan fingerprint density at radius 2 is 2.04 bits per heavy atom. The van der Waals surface area contributed by atoms with E-state index in [1.54, 1.807) is 23.1 Å². The van der Waals surface area contributed by atoms with Gasteiger partial charge in [-0.25, -0.2) is 0 Å². The summed E-state index contributed by atoms with van der Waals surface area (Å²) in [4.78, 5) is 26.0. The Morgan fingerprint density at radius 3 is 2.85 bits per heavy atom. The van der Waals surface area contributed by atoms with Crippen LogP contribution in [0.25, 0.3) is 6.08 Å². The topological polar surface area (TPSA) is 76.1 Å². The van der Waals surface area contributed by atoms with E-state index in [0.29, 0.717) is 28.3 Å². The highest BCUT2D eigenvalue weighted by atomic mass is 16.7. The van der Waals surface area contributed by atoms with Crippen molar-refractivity contribution in [1.29, 1.82) is 0 Å². The van der Waals surface area contributed by atoms with E-state index in [0.717, 1.165) is 11.1 Å². The van der Waals surface area contributed by atoms with Crippen LogP contribution in [0.5, 0.6) is 11.5 Å². The third-order valence-electron chi connectivity index (χ3n) is 4.52. The first-order valence-electron chi connectivity index (χ1n) is 8.24. The van der Waals surface area contributed by atoms with Crippen molar-refractivity contribution in [2.45, 2.75) is 6.92 Å². The molecule has 4 rings (SSSR count). The molecule has 6 heteroatoms. The first kappa shape index (κ1) is 16.2. The molecular formula is C20H17NO5. The SMILES string of the molecule is Cc1cccc2c1N(CC(=O)O)C/C(=C\c1ccc3c(c1)OCO3)C2=O. The zero-order chi connectivity index (χ0) is 18.3. The van der Waals surface area contributed by atoms with E-state index in [9.17, 15) is 14.7 Å². The van der Waals surface area contributed by atoms with Crippen LogP contribution in [0.1, 0.15) is 21.5 Å². The highest BCUT2D eigenvalue weighted by molar-refractivity contribution is 6.17. The van der Waals surface area contributed by atoms with E-state index in [4.69, 9.17) is 9.47 Å². The van der Waals surface area contributed by atoms with Crippen LogP contribution in [0.3, 0.4) is 0 Å². The zero-order valence-corrected chi connectivity index (χ0v) is 14.2. The molecule has 132 valence electrons. The number of ether oxygens (including phenoxy) is 2. The lowest BCUT2D eigenvalue weighted by atomic mass is 9.92. The fourth-order valence-corrected chi connectivity index (χ4v) is 3.40. The van der Waals surface area contributed by atoms with E-state index in [1.165, 1.54) is 0 Å². The van der Waals surface area contributed by atoms with E-state index < -0.39 is 5.97 Å². The maximum absolute atomic E-state index is 12.9. The molecule has 1 N–H and O–H groups in total. The Hall–Kier alpha value is -3.28. The van der Waals surface area contributed by atoms with Crippen LogP contribution < -0.4 is 14.4 Å². The van der Waals surface area contributed by atoms with Gasteiger partial charge in [0.15, 0.2) is 17.3 Å². The molecule has 0 amide bonds. The second-order valence-corrected chi connectivity index (χ2v) is 6.33. The van der Waals surface area contributed by atoms with Crippen LogP contribution >= 0.6 is 0 Å². The van der Waals surface area contributed by atoms with Gasteiger partial charge in [0.1, 0.15) is 6.54 Å². The summed E-state index contributed by atoms with van der Waals surface area (Å²) in [5, 5.41) is 9.25. The van der Waals surface area contributed by atoms with E-state index in [-0.39, 0.29) is 25.7 Å². The molecule has 0 saturated heterocycles. The minimum atomic E-state index is -0.934. The summed E-state index contributed by atoms with van der Waals surface area (Å²) >= 11 is 0. The van der Waals surface area contributed by atoms with Crippen molar-refractivity contribution in [3.05, 3.63) is 58.7 Å². The number of benzene rings is 2. The fraction of sp³-hybridized carbons (Fsp3) is 0.200. The van der Waals surface area contributed by atoms with Crippen LogP contribution in [-0.4, -0.2) is 36.7 Å². The van der Waals surface area contributed by atoms with Gasteiger partial charge in [0.25, 0.3) is 0 Å². The van der Waals surface area contributed by atoms with Gasteiger partial charge in [-0.2, -0.15) is 0 Å². The molecule has 6 nitrogen and oxygen atoms in total. The molecule has 0 aliphatic carbocycles. The number of nitrogens with zero attached hydrogens (tertiary/aromatic N) is 1. The summed E-state index contributed by atoms with van der Waals surface area (Å²) < 4.78 is 10.7. The number of para-hydroxylation sites is 1. The number of carboxylic acid groups (broad SMARTS) is 1. The largest absolute Gasteiger partial charge is 0.480 e. The Kier molecular flexibility index (Phi) is 3.88. The molecule has 0 spiro atoms. The van der Waals surface area contributed by atoms with Crippen molar-refractivity contribution >= 4 is 23.5 Å². The number of carbonyl (C=O) groups is 2. The van der Waals surface area contributed by atoms with Crippen molar-refractivity contribution in [3.63, 3.8) is 0 Å². The minimum Gasteiger partial charge on any atom is -0.480 e. The maximum atomic E-state index is 12.9. The number of aliphatic carboxylic acids is 1. The molecule has 2 aliphatic rings. The van der Waals surface area contributed by atoms with E-state index >= 15 is 0 Å². The van der Waals surface area contributed by atoms with Crippen LogP contribution in [0.2, 0.25) is 0 Å². The van der Waals surface area contributed by atoms with Gasteiger partial charge in [0.05, 0.1) is 5.69 Å². The van der Waals surface area contributed by atoms with Crippen LogP contribution in [0, 0.1) is 6.92 Å². The molecule has 0 fully saturated rings. The predicted molar refractivity (Wildman–Crippen MR) is 95.9 cm³/mol. The molecule has 0 unspecified atom stereocenters. The third kappa shape index (κ3) is 2.79. The number of hydrogen-bond donors (Lipinski definition) is 1. The van der Waals surface area contributed by atoms with Gasteiger partial charge < -0.3 is 19.5 Å². The summed E-state index contributed by atoms with van der Waals surface area (Å²) in [7, 11) is 0. The van der Waals surface area contributed by atoms with Crippen molar-refractivity contribution in [2.75, 3.05) is 24.8 Å². The normalized spacial score (nSPS) is 16.7. The van der Waals surface area contributed by atoms with E-state index in [1.807, 2.05) is 31.2 Å². The highest BCUT2D eigenvalue weighted by Crippen LogP contribution is 2.35. The number of hydrogen-bond acceptors (Lipinski definition) is 5. The quantitative estimate of drug-likeness (QED) is 0.857. The number of rotatable bonds is 3. The van der Waals surface area contributed by atoms with E-state index in [2.05, 4.69) is 0 Å². The smallest absolute Gasteiger partial charge is 0.323 e. The summed E-state index contributed by atoms with van der Waals surface area (Å²) in [6.07, 6.45) is 1.78. The standard InChI is InChI=1S/C20H17NO5/c1-12-3-2-4-15-19(12)21(10-18(22)23)9-14(20(15)24)7-13-5-6-16-17(8-13)26-11-25-16/h2-8H,9-11H2,1H3,(H,22,23)/b14-7+. The maximum Gasteiger partial charge on any atom is 0.323 e. The van der Waals surface area contributed by atoms with Crippen LogP contribution in [0.4, 0.5) is 5.69 Å². The highest BCUT2D eigenvalue weighted by Gasteiger charge is 2.29. The zero-order valence-electron chi connectivity index (χ0n) is 14.2. The van der Waals surface area contributed by atoms with Crippen LogP contribution in [0.15, 0.2) is 42.0 Å². The Balaban J connectivity index is 1.75. The summed E-state index contributed by atoms with van der Waals surface area (Å²) in [6.45, 7) is 2.15. The van der Waals surface area contributed by atoms with Crippen molar-refractivity contribution in [1.82, 2.24) is 0 Å². The minimum absolute atomic E-state index is 0.0806. The first-order valence-corrected chi connectivity index (χ1v) is 8.24. The molecule has 2 aliphatic heterocycles. The number of Topliss-reactive ketones (excluding diaryl/α,β-unsaturated/α-hetero) is 1. The number of carboxylic acids is 1. The molecule has 0 atom stereocenters. The fourth-order valence-electron chi connectivity index (χ4n) is 3.40. The van der Waals surface area contributed by atoms with Gasteiger partial charge in [-0.1, -0.05) is 18.2 Å². The third-order valence-corrected chi connectivity index (χ3v) is 4.52. The Bertz CT molecular complexity index is 947. The predicted octanol–water partition coefficient (Wildman–Crippen LogP) is 2.89. The average Bonchev–Trinajstić information content (AvgIpc) is 3.06. The summed E-state index contributed by atoms with van der Waals surface area (Å²) in [5.41, 5.74) is 3.47. The number of ketones is 1. The molecule has 2 aromatic carbocycles. The van der Waals surface area contributed by atoms with Gasteiger partial charge >= 0.3 is 5.97 Å². The van der Waals surface area contributed by atoms with Crippen molar-refractivity contribution < 1.29 is 24.2 Å². The molecule has 2 aromatic rings. The molecule has 0 radical (unpaired) electrons. The molecule has 2 heterocycles. The Labute approximate surface area is 150 Å². The molecule has 0 aromatic heterocycles. The molecule has 26 heavy (non-hydrogen) atoms. The Morgan fingerprint density at radius 1 is 1.23 bits per heavy atom. The number of carbonyl (C=O) groups excluding carboxylic acids is 1. The van der Waals surface area contributed by atoms with Gasteiger partial charge in [0.2, 0.25) is 6.79 Å². The molecular weight excluding hydrogens is 334 g/mol. The average molecular weight is 351 g/mol. The number of anilines is 1. The lowest BCUT2D eigenvalue weighted by Crippen LogP contribution is -2.38. The second-order valence-electron chi connectivity index (χ2n) is 6.33. The number of fused-ring (bicyclic) bond motifs is 2. The lowest BCUT2D eigenvalue weighted by molar-refractivity contribution is -0.135. The van der Waals surface area contributed by atoms with Gasteiger partial charge in [-0.3, -0.25) is 9.59 Å². The van der Waals surface area contributed by atoms with Crippen molar-refractivity contribution in [3.8, 4) is 11.5 Å². The van der Waals surface area contributed by atoms with Gasteiger partial charge in [0, 0.05) is 17.7 Å². The van der Waals surface area contributed by atoms with Crippen LogP contribution in [-0.2, 0) is 4.79 Å². The summed E-state index contributed by atoms with van der Waals surface area (Å²) in [5.74, 6) is 0.302.